The van der Waals surface area contributed by atoms with E-state index in [0.717, 1.165) is 35.6 Å². The van der Waals surface area contributed by atoms with Gasteiger partial charge in [-0.15, -0.1) is 11.3 Å². The number of halogens is 3. The van der Waals surface area contributed by atoms with E-state index in [1.165, 1.54) is 12.5 Å². The van der Waals surface area contributed by atoms with Gasteiger partial charge in [0.2, 0.25) is 5.91 Å². The highest BCUT2D eigenvalue weighted by atomic mass is 32.1. The van der Waals surface area contributed by atoms with E-state index in [9.17, 15) is 27.6 Å². The van der Waals surface area contributed by atoms with E-state index in [-0.39, 0.29) is 28.6 Å². The minimum Gasteiger partial charge on any atom is -0.342 e. The van der Waals surface area contributed by atoms with Crippen molar-refractivity contribution in [2.24, 2.45) is 0 Å². The van der Waals surface area contributed by atoms with Crippen LogP contribution in [0, 0.1) is 0 Å². The molecule has 0 aliphatic carbocycles. The highest BCUT2D eigenvalue weighted by molar-refractivity contribution is 7.13. The predicted molar refractivity (Wildman–Crippen MR) is 116 cm³/mol. The van der Waals surface area contributed by atoms with E-state index < -0.39 is 29.6 Å². The summed E-state index contributed by atoms with van der Waals surface area (Å²) in [4.78, 5) is 49.2. The van der Waals surface area contributed by atoms with E-state index in [1.54, 1.807) is 6.92 Å². The lowest BCUT2D eigenvalue weighted by Crippen LogP contribution is -2.30. The SMILES string of the molecule is C[C@@H](NC(=O)c1ncnc2c1CCC(=O)N2)c1ncc(C(=O)Nc2ccc(C(F)(F)F)cc2)s1. The largest absolute Gasteiger partial charge is 0.416 e. The molecule has 1 atom stereocenters. The molecule has 0 unspecified atom stereocenters. The maximum absolute atomic E-state index is 12.8. The number of carbonyl (C=O) groups excluding carboxylic acids is 3. The van der Waals surface area contributed by atoms with Crippen LogP contribution in [0.4, 0.5) is 24.7 Å². The van der Waals surface area contributed by atoms with Crippen molar-refractivity contribution in [1.29, 1.82) is 0 Å². The zero-order valence-corrected chi connectivity index (χ0v) is 18.4. The molecule has 0 fully saturated rings. The van der Waals surface area contributed by atoms with Gasteiger partial charge in [-0.3, -0.25) is 14.4 Å². The molecule has 3 aromatic rings. The molecule has 1 aromatic carbocycles. The molecule has 1 aliphatic rings. The second-order valence-corrected chi connectivity index (χ2v) is 8.45. The standard InChI is InChI=1S/C21H17F3N6O3S/c1-10(28-19(33)16-13-6-7-15(31)30-17(13)27-9-26-16)20-25-8-14(34-20)18(32)29-12-4-2-11(3-5-12)21(22,23)24/h2-5,8-10H,6-7H2,1H3,(H,28,33)(H,29,32)(H,26,27,30,31)/t10-/m1/s1. The molecular formula is C21H17F3N6O3S. The first-order valence-corrected chi connectivity index (χ1v) is 10.8. The Morgan fingerprint density at radius 1 is 1.09 bits per heavy atom. The second-order valence-electron chi connectivity index (χ2n) is 7.38. The number of thiazole rings is 1. The Hall–Kier alpha value is -3.87. The van der Waals surface area contributed by atoms with Gasteiger partial charge in [0.1, 0.15) is 27.7 Å². The van der Waals surface area contributed by atoms with Crippen LogP contribution >= 0.6 is 11.3 Å². The fourth-order valence-electron chi connectivity index (χ4n) is 3.24. The summed E-state index contributed by atoms with van der Waals surface area (Å²) in [5.74, 6) is -0.896. The van der Waals surface area contributed by atoms with Crippen molar-refractivity contribution in [2.45, 2.75) is 32.0 Å². The number of benzene rings is 1. The van der Waals surface area contributed by atoms with Crippen LogP contribution < -0.4 is 16.0 Å². The van der Waals surface area contributed by atoms with Gasteiger partial charge in [-0.25, -0.2) is 15.0 Å². The van der Waals surface area contributed by atoms with Crippen molar-refractivity contribution in [3.63, 3.8) is 0 Å². The first-order valence-electron chi connectivity index (χ1n) is 10.0. The van der Waals surface area contributed by atoms with Crippen molar-refractivity contribution >= 4 is 40.6 Å². The third-order valence-electron chi connectivity index (χ3n) is 4.96. The summed E-state index contributed by atoms with van der Waals surface area (Å²) in [6, 6.07) is 3.52. The third-order valence-corrected chi connectivity index (χ3v) is 6.13. The fraction of sp³-hybridized carbons (Fsp3) is 0.238. The second kappa shape index (κ2) is 9.17. The number of rotatable bonds is 5. The minimum absolute atomic E-state index is 0.147. The molecule has 34 heavy (non-hydrogen) atoms. The van der Waals surface area contributed by atoms with Gasteiger partial charge in [-0.2, -0.15) is 13.2 Å². The molecule has 0 bridgehead atoms. The van der Waals surface area contributed by atoms with Crippen LogP contribution in [-0.4, -0.2) is 32.7 Å². The molecule has 1 aliphatic heterocycles. The van der Waals surface area contributed by atoms with Gasteiger partial charge in [0.25, 0.3) is 11.8 Å². The summed E-state index contributed by atoms with van der Waals surface area (Å²) in [5, 5.41) is 8.33. The van der Waals surface area contributed by atoms with Crippen molar-refractivity contribution in [1.82, 2.24) is 20.3 Å². The molecule has 3 heterocycles. The van der Waals surface area contributed by atoms with Crippen LogP contribution in [0.1, 0.15) is 55.7 Å². The molecule has 176 valence electrons. The summed E-state index contributed by atoms with van der Waals surface area (Å²) < 4.78 is 38.0. The molecule has 0 saturated heterocycles. The molecule has 3 amide bonds. The summed E-state index contributed by atoms with van der Waals surface area (Å²) in [6.07, 6.45) is -1.39. The van der Waals surface area contributed by atoms with Crippen LogP contribution in [0.15, 0.2) is 36.8 Å². The summed E-state index contributed by atoms with van der Waals surface area (Å²) in [6.45, 7) is 1.68. The number of anilines is 2. The molecule has 0 radical (unpaired) electrons. The Kier molecular flexibility index (Phi) is 6.28. The molecule has 4 rings (SSSR count). The predicted octanol–water partition coefficient (Wildman–Crippen LogP) is 3.58. The molecule has 9 nitrogen and oxygen atoms in total. The number of carbonyl (C=O) groups is 3. The van der Waals surface area contributed by atoms with Crippen molar-refractivity contribution in [3.8, 4) is 0 Å². The van der Waals surface area contributed by atoms with Gasteiger partial charge in [0.05, 0.1) is 17.8 Å². The smallest absolute Gasteiger partial charge is 0.342 e. The van der Waals surface area contributed by atoms with Crippen molar-refractivity contribution < 1.29 is 27.6 Å². The minimum atomic E-state index is -4.46. The van der Waals surface area contributed by atoms with Crippen molar-refractivity contribution in [3.05, 3.63) is 63.5 Å². The number of amides is 3. The van der Waals surface area contributed by atoms with Crippen LogP contribution in [0.25, 0.3) is 0 Å². The molecular weight excluding hydrogens is 473 g/mol. The number of alkyl halides is 3. The number of aromatic nitrogens is 3. The Morgan fingerprint density at radius 3 is 2.53 bits per heavy atom. The molecule has 3 N–H and O–H groups in total. The van der Waals surface area contributed by atoms with E-state index in [2.05, 4.69) is 30.9 Å². The Bertz CT molecular complexity index is 1260. The van der Waals surface area contributed by atoms with E-state index in [0.29, 0.717) is 22.8 Å². The summed E-state index contributed by atoms with van der Waals surface area (Å²) >= 11 is 1.03. The first-order chi connectivity index (χ1) is 16.1. The number of nitrogens with zero attached hydrogens (tertiary/aromatic N) is 3. The summed E-state index contributed by atoms with van der Waals surface area (Å²) in [7, 11) is 0. The van der Waals surface area contributed by atoms with Crippen LogP contribution in [0.5, 0.6) is 0 Å². The lowest BCUT2D eigenvalue weighted by atomic mass is 10.0. The van der Waals surface area contributed by atoms with Gasteiger partial charge in [-0.1, -0.05) is 0 Å². The van der Waals surface area contributed by atoms with Crippen LogP contribution in [0.2, 0.25) is 0 Å². The van der Waals surface area contributed by atoms with Gasteiger partial charge in [-0.05, 0) is 37.6 Å². The lowest BCUT2D eigenvalue weighted by molar-refractivity contribution is -0.137. The number of hydrogen-bond acceptors (Lipinski definition) is 7. The normalized spacial score (nSPS) is 14.1. The fourth-order valence-corrected chi connectivity index (χ4v) is 4.06. The Labute approximate surface area is 194 Å². The number of hydrogen-bond donors (Lipinski definition) is 3. The van der Waals surface area contributed by atoms with Crippen LogP contribution in [-0.2, 0) is 17.4 Å². The maximum Gasteiger partial charge on any atom is 0.416 e. The zero-order valence-electron chi connectivity index (χ0n) is 17.6. The monoisotopic (exact) mass is 490 g/mol. The third kappa shape index (κ3) is 5.03. The molecule has 13 heteroatoms. The quantitative estimate of drug-likeness (QED) is 0.502. The average Bonchev–Trinajstić information content (AvgIpc) is 3.29. The van der Waals surface area contributed by atoms with E-state index in [1.807, 2.05) is 0 Å². The number of nitrogens with one attached hydrogen (secondary N) is 3. The molecule has 2 aromatic heterocycles. The van der Waals surface area contributed by atoms with Gasteiger partial charge >= 0.3 is 6.18 Å². The van der Waals surface area contributed by atoms with Gasteiger partial charge in [0, 0.05) is 17.7 Å². The first kappa shape index (κ1) is 23.3. The van der Waals surface area contributed by atoms with E-state index in [4.69, 9.17) is 0 Å². The highest BCUT2D eigenvalue weighted by Crippen LogP contribution is 2.30. The average molecular weight is 490 g/mol. The van der Waals surface area contributed by atoms with Gasteiger partial charge in [0.15, 0.2) is 0 Å². The topological polar surface area (TPSA) is 126 Å². The summed E-state index contributed by atoms with van der Waals surface area (Å²) in [5.41, 5.74) is 0.0774. The molecule has 0 saturated carbocycles. The maximum atomic E-state index is 12.8. The van der Waals surface area contributed by atoms with Gasteiger partial charge < -0.3 is 16.0 Å². The Balaban J connectivity index is 1.41. The number of fused-ring (bicyclic) bond motifs is 1. The lowest BCUT2D eigenvalue weighted by Gasteiger charge is -2.18. The van der Waals surface area contributed by atoms with Crippen molar-refractivity contribution in [2.75, 3.05) is 10.6 Å². The Morgan fingerprint density at radius 2 is 1.82 bits per heavy atom. The molecule has 0 spiro atoms. The van der Waals surface area contributed by atoms with E-state index >= 15 is 0 Å². The highest BCUT2D eigenvalue weighted by Gasteiger charge is 2.30. The van der Waals surface area contributed by atoms with Crippen LogP contribution in [0.3, 0.4) is 0 Å². The zero-order chi connectivity index (χ0) is 24.5.